The molecule has 0 spiro atoms. The highest BCUT2D eigenvalue weighted by molar-refractivity contribution is 5.93. The fourth-order valence-electron chi connectivity index (χ4n) is 6.14. The van der Waals surface area contributed by atoms with Crippen molar-refractivity contribution in [3.63, 3.8) is 0 Å². The minimum absolute atomic E-state index is 0.00781. The van der Waals surface area contributed by atoms with Crippen molar-refractivity contribution in [2.24, 2.45) is 0 Å². The third kappa shape index (κ3) is 7.61. The second-order valence-electron chi connectivity index (χ2n) is 13.0. The molecular formula is C33H45N7O3. The smallest absolute Gasteiger partial charge is 0.410 e. The van der Waals surface area contributed by atoms with Crippen LogP contribution < -0.4 is 10.2 Å². The van der Waals surface area contributed by atoms with Crippen molar-refractivity contribution in [2.45, 2.75) is 65.8 Å². The summed E-state index contributed by atoms with van der Waals surface area (Å²) >= 11 is 0. The second kappa shape index (κ2) is 12.9. The number of nitrogens with zero attached hydrogens (tertiary/aromatic N) is 6. The number of nitrogens with one attached hydrogen (secondary N) is 1. The summed E-state index contributed by atoms with van der Waals surface area (Å²) in [6, 6.07) is 14.7. The number of aryl methyl sites for hydroxylation is 1. The lowest BCUT2D eigenvalue weighted by atomic mass is 10.1. The van der Waals surface area contributed by atoms with Crippen LogP contribution in [0.2, 0.25) is 0 Å². The van der Waals surface area contributed by atoms with E-state index in [1.807, 2.05) is 45.9 Å². The van der Waals surface area contributed by atoms with Crippen molar-refractivity contribution in [1.82, 2.24) is 24.7 Å². The van der Waals surface area contributed by atoms with E-state index in [2.05, 4.69) is 68.1 Å². The highest BCUT2D eigenvalue weighted by Gasteiger charge is 2.32. The van der Waals surface area contributed by atoms with Gasteiger partial charge in [0.15, 0.2) is 0 Å². The van der Waals surface area contributed by atoms with Crippen LogP contribution in [0.5, 0.6) is 0 Å². The molecule has 3 heterocycles. The molecule has 1 aromatic heterocycles. The lowest BCUT2D eigenvalue weighted by Gasteiger charge is -2.45. The molecule has 1 N–H and O–H groups in total. The van der Waals surface area contributed by atoms with Gasteiger partial charge in [-0.3, -0.25) is 14.6 Å². The standard InChI is InChI=1S/C33H45N7O3/c1-23-11-12-26(20-37-13-15-39(16-14-37)32(42)43-33(4,5)6)17-29(23)36-30(41)21-38-18-24(2)40(25(3)19-38)31-27-9-7-8-10-28(27)34-22-35-31/h7-12,17,22,24-25H,13-16,18-21H2,1-6H3,(H,36,41)/t24-,25+. The predicted molar refractivity (Wildman–Crippen MR) is 170 cm³/mol. The van der Waals surface area contributed by atoms with E-state index in [-0.39, 0.29) is 24.1 Å². The number of hydrogen-bond donors (Lipinski definition) is 1. The van der Waals surface area contributed by atoms with E-state index in [0.717, 1.165) is 66.3 Å². The topological polar surface area (TPSA) is 94.1 Å². The molecule has 0 unspecified atom stereocenters. The summed E-state index contributed by atoms with van der Waals surface area (Å²) in [7, 11) is 0. The lowest BCUT2D eigenvalue weighted by molar-refractivity contribution is -0.117. The van der Waals surface area contributed by atoms with Gasteiger partial charge in [0.2, 0.25) is 5.91 Å². The van der Waals surface area contributed by atoms with Crippen molar-refractivity contribution >= 4 is 34.4 Å². The zero-order chi connectivity index (χ0) is 30.7. The first kappa shape index (κ1) is 30.7. The molecule has 2 aromatic carbocycles. The van der Waals surface area contributed by atoms with Crippen LogP contribution in [0, 0.1) is 6.92 Å². The van der Waals surface area contributed by atoms with Gasteiger partial charge in [-0.25, -0.2) is 14.8 Å². The number of rotatable bonds is 6. The maximum Gasteiger partial charge on any atom is 0.410 e. The second-order valence-corrected chi connectivity index (χ2v) is 13.0. The summed E-state index contributed by atoms with van der Waals surface area (Å²) in [5, 5.41) is 4.22. The average Bonchev–Trinajstić information content (AvgIpc) is 2.94. The molecule has 0 aliphatic carbocycles. The Morgan fingerprint density at radius 2 is 1.65 bits per heavy atom. The first-order valence-corrected chi connectivity index (χ1v) is 15.3. The SMILES string of the molecule is Cc1ccc(CN2CCN(C(=O)OC(C)(C)C)CC2)cc1NC(=O)CN1C[C@@H](C)N(c2ncnc3ccccc23)[C@@H](C)C1. The zero-order valence-electron chi connectivity index (χ0n) is 26.3. The molecule has 0 bridgehead atoms. The number of piperazine rings is 2. The molecule has 2 saturated heterocycles. The number of amides is 2. The van der Waals surface area contributed by atoms with E-state index in [1.165, 1.54) is 0 Å². The van der Waals surface area contributed by atoms with Crippen LogP contribution in [0.4, 0.5) is 16.3 Å². The third-order valence-corrected chi connectivity index (χ3v) is 8.13. The van der Waals surface area contributed by atoms with E-state index in [9.17, 15) is 9.59 Å². The highest BCUT2D eigenvalue weighted by Crippen LogP contribution is 2.29. The molecule has 0 saturated carbocycles. The Hall–Kier alpha value is -3.76. The van der Waals surface area contributed by atoms with Crippen molar-refractivity contribution in [3.8, 4) is 0 Å². The number of aromatic nitrogens is 2. The van der Waals surface area contributed by atoms with Gasteiger partial charge in [-0.1, -0.05) is 24.3 Å². The average molecular weight is 588 g/mol. The summed E-state index contributed by atoms with van der Waals surface area (Å²) in [4.78, 5) is 43.4. The minimum Gasteiger partial charge on any atom is -0.444 e. The van der Waals surface area contributed by atoms with Crippen LogP contribution in [-0.2, 0) is 16.1 Å². The van der Waals surface area contributed by atoms with E-state index in [4.69, 9.17) is 4.74 Å². The molecule has 2 aliphatic rings. The number of carbonyl (C=O) groups excluding carboxylic acids is 2. The maximum absolute atomic E-state index is 13.2. The molecule has 2 atom stereocenters. The monoisotopic (exact) mass is 587 g/mol. The Balaban J connectivity index is 1.15. The van der Waals surface area contributed by atoms with Crippen molar-refractivity contribution in [2.75, 3.05) is 56.0 Å². The van der Waals surface area contributed by atoms with Gasteiger partial charge in [0.25, 0.3) is 0 Å². The summed E-state index contributed by atoms with van der Waals surface area (Å²) in [5.74, 6) is 0.944. The Morgan fingerprint density at radius 3 is 2.35 bits per heavy atom. The molecule has 230 valence electrons. The number of hydrogen-bond acceptors (Lipinski definition) is 8. The van der Waals surface area contributed by atoms with Gasteiger partial charge >= 0.3 is 6.09 Å². The lowest BCUT2D eigenvalue weighted by Crippen LogP contribution is -2.58. The molecule has 43 heavy (non-hydrogen) atoms. The molecular weight excluding hydrogens is 542 g/mol. The molecule has 2 aliphatic heterocycles. The quantitative estimate of drug-likeness (QED) is 0.450. The number of fused-ring (bicyclic) bond motifs is 1. The van der Waals surface area contributed by atoms with Crippen molar-refractivity contribution < 1.29 is 14.3 Å². The van der Waals surface area contributed by atoms with Crippen LogP contribution >= 0.6 is 0 Å². The molecule has 2 fully saturated rings. The fraction of sp³-hybridized carbons (Fsp3) is 0.515. The maximum atomic E-state index is 13.2. The van der Waals surface area contributed by atoms with Crippen molar-refractivity contribution in [3.05, 3.63) is 59.9 Å². The summed E-state index contributed by atoms with van der Waals surface area (Å²) < 4.78 is 5.52. The normalized spacial score (nSPS) is 20.3. The largest absolute Gasteiger partial charge is 0.444 e. The van der Waals surface area contributed by atoms with Gasteiger partial charge in [-0.15, -0.1) is 0 Å². The predicted octanol–water partition coefficient (Wildman–Crippen LogP) is 4.53. The van der Waals surface area contributed by atoms with Gasteiger partial charge in [0.1, 0.15) is 17.7 Å². The summed E-state index contributed by atoms with van der Waals surface area (Å²) in [5.41, 5.74) is 3.47. The van der Waals surface area contributed by atoms with E-state index >= 15 is 0 Å². The molecule has 2 amide bonds. The van der Waals surface area contributed by atoms with Crippen LogP contribution in [-0.4, -0.2) is 100 Å². The highest BCUT2D eigenvalue weighted by atomic mass is 16.6. The first-order valence-electron chi connectivity index (χ1n) is 15.3. The third-order valence-electron chi connectivity index (χ3n) is 8.13. The van der Waals surface area contributed by atoms with Gasteiger partial charge < -0.3 is 19.9 Å². The number of ether oxygens (including phenoxy) is 1. The molecule has 3 aromatic rings. The van der Waals surface area contributed by atoms with Gasteiger partial charge in [0.05, 0.1) is 12.1 Å². The Labute approximate surface area is 255 Å². The summed E-state index contributed by atoms with van der Waals surface area (Å²) in [6.07, 6.45) is 1.39. The van der Waals surface area contributed by atoms with Crippen LogP contribution in [0.25, 0.3) is 10.9 Å². The van der Waals surface area contributed by atoms with Gasteiger partial charge in [-0.05, 0) is 70.9 Å². The summed E-state index contributed by atoms with van der Waals surface area (Å²) in [6.45, 7) is 17.5. The molecule has 10 heteroatoms. The Morgan fingerprint density at radius 1 is 0.953 bits per heavy atom. The Kier molecular flexibility index (Phi) is 9.17. The number of benzene rings is 2. The van der Waals surface area contributed by atoms with Crippen LogP contribution in [0.1, 0.15) is 45.7 Å². The van der Waals surface area contributed by atoms with E-state index in [0.29, 0.717) is 19.6 Å². The van der Waals surface area contributed by atoms with Gasteiger partial charge in [0, 0.05) is 69.0 Å². The van der Waals surface area contributed by atoms with Gasteiger partial charge in [-0.2, -0.15) is 0 Å². The van der Waals surface area contributed by atoms with Crippen LogP contribution in [0.15, 0.2) is 48.8 Å². The van der Waals surface area contributed by atoms with Crippen molar-refractivity contribution in [1.29, 1.82) is 0 Å². The first-order chi connectivity index (χ1) is 20.5. The van der Waals surface area contributed by atoms with E-state index in [1.54, 1.807) is 11.2 Å². The zero-order valence-corrected chi connectivity index (χ0v) is 26.3. The van der Waals surface area contributed by atoms with E-state index < -0.39 is 5.60 Å². The molecule has 10 nitrogen and oxygen atoms in total. The number of carbonyl (C=O) groups is 2. The minimum atomic E-state index is -0.491. The number of anilines is 2. The molecule has 0 radical (unpaired) electrons. The fourth-order valence-corrected chi connectivity index (χ4v) is 6.14. The van der Waals surface area contributed by atoms with Crippen LogP contribution in [0.3, 0.4) is 0 Å². The Bertz CT molecular complexity index is 1430. The number of para-hydroxylation sites is 1. The molecule has 5 rings (SSSR count).